The highest BCUT2D eigenvalue weighted by atomic mass is 19.4. The molecule has 0 N–H and O–H groups in total. The van der Waals surface area contributed by atoms with Crippen LogP contribution in [0, 0.1) is 13.8 Å². The molecule has 0 fully saturated rings. The summed E-state index contributed by atoms with van der Waals surface area (Å²) < 4.78 is 46.8. The third kappa shape index (κ3) is 3.10. The SMILES string of the molecule is Cc1noc(Cc2ccc(-c3noc(C(F)(F)F)n3)cc2)c1C. The normalized spacial score (nSPS) is 11.9. The Hall–Kier alpha value is -2.64. The van der Waals surface area contributed by atoms with Crippen LogP contribution >= 0.6 is 0 Å². The van der Waals surface area contributed by atoms with Crippen molar-refractivity contribution in [2.24, 2.45) is 0 Å². The number of aromatic nitrogens is 3. The van der Waals surface area contributed by atoms with E-state index in [2.05, 4.69) is 19.8 Å². The lowest BCUT2D eigenvalue weighted by Gasteiger charge is -2.00. The van der Waals surface area contributed by atoms with Gasteiger partial charge in [0.05, 0.1) is 5.69 Å². The summed E-state index contributed by atoms with van der Waals surface area (Å²) in [5, 5.41) is 7.24. The number of aryl methyl sites for hydroxylation is 1. The standard InChI is InChI=1S/C15H12F3N3O2/c1-8-9(2)20-22-12(8)7-10-3-5-11(6-4-10)13-19-14(23-21-13)15(16,17)18/h3-6H,7H2,1-2H3. The van der Waals surface area contributed by atoms with Crippen molar-refractivity contribution >= 4 is 0 Å². The van der Waals surface area contributed by atoms with Crippen molar-refractivity contribution in [2.45, 2.75) is 26.4 Å². The summed E-state index contributed by atoms with van der Waals surface area (Å²) >= 11 is 0. The minimum Gasteiger partial charge on any atom is -0.361 e. The molecule has 0 spiro atoms. The van der Waals surface area contributed by atoms with Crippen LogP contribution in [0.5, 0.6) is 0 Å². The van der Waals surface area contributed by atoms with Gasteiger partial charge >= 0.3 is 12.1 Å². The third-order valence-corrected chi connectivity index (χ3v) is 3.50. The molecule has 2 aromatic heterocycles. The van der Waals surface area contributed by atoms with Crippen LogP contribution in [0.15, 0.2) is 33.3 Å². The monoisotopic (exact) mass is 323 g/mol. The van der Waals surface area contributed by atoms with Crippen LogP contribution in [0.1, 0.15) is 28.5 Å². The topological polar surface area (TPSA) is 65.0 Å². The Morgan fingerprint density at radius 3 is 2.22 bits per heavy atom. The van der Waals surface area contributed by atoms with Gasteiger partial charge in [-0.1, -0.05) is 34.6 Å². The van der Waals surface area contributed by atoms with Crippen LogP contribution < -0.4 is 0 Å². The van der Waals surface area contributed by atoms with E-state index in [0.29, 0.717) is 12.0 Å². The van der Waals surface area contributed by atoms with Crippen LogP contribution in [0.4, 0.5) is 13.2 Å². The second-order valence-corrected chi connectivity index (χ2v) is 5.11. The molecule has 0 aliphatic rings. The molecule has 0 aliphatic carbocycles. The van der Waals surface area contributed by atoms with Crippen LogP contribution in [-0.2, 0) is 12.6 Å². The Bertz CT molecular complexity index is 819. The van der Waals surface area contributed by atoms with Crippen LogP contribution in [0.25, 0.3) is 11.4 Å². The van der Waals surface area contributed by atoms with E-state index in [1.54, 1.807) is 24.3 Å². The fourth-order valence-corrected chi connectivity index (χ4v) is 2.04. The number of hydrogen-bond acceptors (Lipinski definition) is 5. The first-order valence-electron chi connectivity index (χ1n) is 6.76. The molecule has 0 bridgehead atoms. The zero-order valence-electron chi connectivity index (χ0n) is 12.3. The molecule has 3 rings (SSSR count). The molecule has 8 heteroatoms. The predicted molar refractivity (Wildman–Crippen MR) is 73.5 cm³/mol. The molecule has 1 aromatic carbocycles. The average Bonchev–Trinajstić information content (AvgIpc) is 3.11. The molecule has 5 nitrogen and oxygen atoms in total. The smallest absolute Gasteiger partial charge is 0.361 e. The van der Waals surface area contributed by atoms with Crippen LogP contribution in [-0.4, -0.2) is 15.3 Å². The van der Waals surface area contributed by atoms with Gasteiger partial charge in [-0.15, -0.1) is 0 Å². The number of alkyl halides is 3. The van der Waals surface area contributed by atoms with Crippen molar-refractivity contribution in [3.8, 4) is 11.4 Å². The quantitative estimate of drug-likeness (QED) is 0.730. The second kappa shape index (κ2) is 5.53. The van der Waals surface area contributed by atoms with E-state index in [-0.39, 0.29) is 5.82 Å². The highest BCUT2D eigenvalue weighted by molar-refractivity contribution is 5.54. The summed E-state index contributed by atoms with van der Waals surface area (Å²) in [6, 6.07) is 6.82. The van der Waals surface area contributed by atoms with Gasteiger partial charge in [-0.05, 0) is 19.4 Å². The summed E-state index contributed by atoms with van der Waals surface area (Å²) in [7, 11) is 0. The highest BCUT2D eigenvalue weighted by Gasteiger charge is 2.38. The van der Waals surface area contributed by atoms with Crippen molar-refractivity contribution in [1.29, 1.82) is 0 Å². The van der Waals surface area contributed by atoms with Gasteiger partial charge in [0.25, 0.3) is 0 Å². The molecule has 0 saturated carbocycles. The van der Waals surface area contributed by atoms with E-state index in [9.17, 15) is 13.2 Å². The molecule has 0 atom stereocenters. The fourth-order valence-electron chi connectivity index (χ4n) is 2.04. The molecule has 0 radical (unpaired) electrons. The Balaban J connectivity index is 1.79. The van der Waals surface area contributed by atoms with Gasteiger partial charge in [0, 0.05) is 17.5 Å². The molecule has 0 amide bonds. The Kier molecular flexibility index (Phi) is 3.67. The first kappa shape index (κ1) is 15.3. The summed E-state index contributed by atoms with van der Waals surface area (Å²) in [5.74, 6) is -0.700. The molecule has 0 unspecified atom stereocenters. The summed E-state index contributed by atoms with van der Waals surface area (Å²) in [6.45, 7) is 3.79. The van der Waals surface area contributed by atoms with E-state index in [4.69, 9.17) is 4.52 Å². The zero-order chi connectivity index (χ0) is 16.6. The number of nitrogens with zero attached hydrogens (tertiary/aromatic N) is 3. The lowest BCUT2D eigenvalue weighted by atomic mass is 10.1. The summed E-state index contributed by atoms with van der Waals surface area (Å²) in [5.41, 5.74) is 3.20. The van der Waals surface area contributed by atoms with Crippen LogP contribution in [0.3, 0.4) is 0 Å². The molecule has 2 heterocycles. The number of benzene rings is 1. The maximum atomic E-state index is 12.5. The molecule has 120 valence electrons. The predicted octanol–water partition coefficient (Wildman–Crippen LogP) is 3.95. The maximum absolute atomic E-state index is 12.5. The van der Waals surface area contributed by atoms with Crippen molar-refractivity contribution in [1.82, 2.24) is 15.3 Å². The number of rotatable bonds is 3. The van der Waals surface area contributed by atoms with Crippen molar-refractivity contribution < 1.29 is 22.2 Å². The largest absolute Gasteiger partial charge is 0.471 e. The summed E-state index contributed by atoms with van der Waals surface area (Å²) in [6.07, 6.45) is -4.10. The zero-order valence-corrected chi connectivity index (χ0v) is 12.3. The lowest BCUT2D eigenvalue weighted by Crippen LogP contribution is -2.04. The van der Waals surface area contributed by atoms with Gasteiger partial charge in [-0.2, -0.15) is 18.2 Å². The molecular weight excluding hydrogens is 311 g/mol. The average molecular weight is 323 g/mol. The van der Waals surface area contributed by atoms with Gasteiger partial charge < -0.3 is 9.05 Å². The van der Waals surface area contributed by atoms with Crippen molar-refractivity contribution in [3.63, 3.8) is 0 Å². The number of halogens is 3. The van der Waals surface area contributed by atoms with Crippen molar-refractivity contribution in [3.05, 3.63) is 52.7 Å². The van der Waals surface area contributed by atoms with Crippen molar-refractivity contribution in [2.75, 3.05) is 0 Å². The van der Waals surface area contributed by atoms with E-state index >= 15 is 0 Å². The molecule has 3 aromatic rings. The number of hydrogen-bond donors (Lipinski definition) is 0. The molecule has 0 aliphatic heterocycles. The molecule has 0 saturated heterocycles. The van der Waals surface area contributed by atoms with Gasteiger partial charge in [0.15, 0.2) is 0 Å². The summed E-state index contributed by atoms with van der Waals surface area (Å²) in [4.78, 5) is 3.35. The van der Waals surface area contributed by atoms with Gasteiger partial charge in [0.1, 0.15) is 5.76 Å². The van der Waals surface area contributed by atoms with Gasteiger partial charge in [-0.3, -0.25) is 0 Å². The maximum Gasteiger partial charge on any atom is 0.471 e. The first-order chi connectivity index (χ1) is 10.8. The van der Waals surface area contributed by atoms with E-state index in [0.717, 1.165) is 22.6 Å². The Morgan fingerprint density at radius 2 is 1.70 bits per heavy atom. The third-order valence-electron chi connectivity index (χ3n) is 3.50. The highest BCUT2D eigenvalue weighted by Crippen LogP contribution is 2.29. The molecule has 23 heavy (non-hydrogen) atoms. The lowest BCUT2D eigenvalue weighted by molar-refractivity contribution is -0.159. The molecular formula is C15H12F3N3O2. The van der Waals surface area contributed by atoms with Gasteiger partial charge in [0.2, 0.25) is 5.82 Å². The Morgan fingerprint density at radius 1 is 1.00 bits per heavy atom. The van der Waals surface area contributed by atoms with Gasteiger partial charge in [-0.25, -0.2) is 0 Å². The minimum atomic E-state index is -4.65. The minimum absolute atomic E-state index is 0.101. The fraction of sp³-hybridized carbons (Fsp3) is 0.267. The second-order valence-electron chi connectivity index (χ2n) is 5.11. The first-order valence-corrected chi connectivity index (χ1v) is 6.76. The Labute approximate surface area is 129 Å². The van der Waals surface area contributed by atoms with E-state index < -0.39 is 12.1 Å². The van der Waals surface area contributed by atoms with E-state index in [1.807, 2.05) is 13.8 Å². The van der Waals surface area contributed by atoms with Crippen LogP contribution in [0.2, 0.25) is 0 Å². The van der Waals surface area contributed by atoms with E-state index in [1.165, 1.54) is 0 Å².